The third-order valence-corrected chi connectivity index (χ3v) is 4.49. The number of carbonyl (C=O) groups excluding carboxylic acids is 1. The summed E-state index contributed by atoms with van der Waals surface area (Å²) in [6.45, 7) is 1.80. The van der Waals surface area contributed by atoms with E-state index in [0.717, 1.165) is 16.9 Å². The van der Waals surface area contributed by atoms with Crippen molar-refractivity contribution in [2.75, 3.05) is 18.9 Å². The quantitative estimate of drug-likeness (QED) is 0.529. The molecule has 1 aliphatic carbocycles. The van der Waals surface area contributed by atoms with Gasteiger partial charge in [0.1, 0.15) is 11.8 Å². The molecule has 3 aromatic heterocycles. The minimum absolute atomic E-state index is 0.0744. The lowest BCUT2D eigenvalue weighted by molar-refractivity contribution is -0.136. The summed E-state index contributed by atoms with van der Waals surface area (Å²) in [5, 5.41) is 15.3. The van der Waals surface area contributed by atoms with Gasteiger partial charge in [-0.05, 0) is 25.5 Å². The highest BCUT2D eigenvalue weighted by Crippen LogP contribution is 2.38. The van der Waals surface area contributed by atoms with E-state index in [4.69, 9.17) is 10.8 Å². The minimum Gasteiger partial charge on any atom is -0.396 e. The van der Waals surface area contributed by atoms with Crippen LogP contribution < -0.4 is 11.1 Å². The van der Waals surface area contributed by atoms with E-state index in [1.165, 1.54) is 31.5 Å². The summed E-state index contributed by atoms with van der Waals surface area (Å²) in [7, 11) is 0. The molecular formula is C20H23F3N6O2. The van der Waals surface area contributed by atoms with Crippen LogP contribution in [0.4, 0.5) is 19.0 Å². The number of amides is 1. The second-order valence-electron chi connectivity index (χ2n) is 7.10. The fourth-order valence-corrected chi connectivity index (χ4v) is 2.77. The first-order valence-electron chi connectivity index (χ1n) is 9.79. The summed E-state index contributed by atoms with van der Waals surface area (Å²) < 4.78 is 41.4. The Labute approximate surface area is 176 Å². The normalized spacial score (nSPS) is 12.9. The van der Waals surface area contributed by atoms with Crippen molar-refractivity contribution in [2.24, 2.45) is 0 Å². The topological polar surface area (TPSA) is 118 Å². The van der Waals surface area contributed by atoms with Gasteiger partial charge in [0.25, 0.3) is 5.91 Å². The maximum atomic E-state index is 13.4. The maximum Gasteiger partial charge on any atom is 0.418 e. The van der Waals surface area contributed by atoms with Crippen LogP contribution in [0.1, 0.15) is 47.3 Å². The Morgan fingerprint density at radius 2 is 1.97 bits per heavy atom. The van der Waals surface area contributed by atoms with Crippen molar-refractivity contribution in [3.8, 4) is 11.3 Å². The summed E-state index contributed by atoms with van der Waals surface area (Å²) in [6, 6.07) is 2.34. The molecule has 3 aromatic rings. The van der Waals surface area contributed by atoms with Gasteiger partial charge in [-0.1, -0.05) is 19.3 Å². The van der Waals surface area contributed by atoms with Crippen molar-refractivity contribution >= 4 is 17.2 Å². The molecule has 31 heavy (non-hydrogen) atoms. The summed E-state index contributed by atoms with van der Waals surface area (Å²) in [5.41, 5.74) is 5.27. The molecule has 4 N–H and O–H groups in total. The van der Waals surface area contributed by atoms with E-state index in [1.807, 2.05) is 0 Å². The zero-order valence-corrected chi connectivity index (χ0v) is 16.9. The molecule has 0 spiro atoms. The van der Waals surface area contributed by atoms with Gasteiger partial charge in [-0.25, -0.2) is 9.50 Å². The SMILES string of the molecule is C1CC1.Cc1ncc(-c2cc(C(F)(F)F)c3c(N)ncnn23)cc1C(=O)NCCCO. The molecule has 0 saturated heterocycles. The first-order chi connectivity index (χ1) is 14.7. The van der Waals surface area contributed by atoms with Gasteiger partial charge in [-0.3, -0.25) is 9.78 Å². The Balaban J connectivity index is 0.000000834. The van der Waals surface area contributed by atoms with Crippen molar-refractivity contribution in [3.63, 3.8) is 0 Å². The second kappa shape index (κ2) is 9.29. The van der Waals surface area contributed by atoms with E-state index in [-0.39, 0.29) is 41.3 Å². The van der Waals surface area contributed by atoms with Crippen LogP contribution in [-0.2, 0) is 6.18 Å². The molecule has 166 valence electrons. The predicted molar refractivity (Wildman–Crippen MR) is 108 cm³/mol. The summed E-state index contributed by atoms with van der Waals surface area (Å²) in [6.07, 6.45) is 2.63. The molecule has 1 saturated carbocycles. The zero-order chi connectivity index (χ0) is 22.6. The number of rotatable bonds is 5. The Hall–Kier alpha value is -3.21. The molecule has 3 heterocycles. The molecule has 0 aromatic carbocycles. The fourth-order valence-electron chi connectivity index (χ4n) is 2.77. The van der Waals surface area contributed by atoms with Gasteiger partial charge in [-0.2, -0.15) is 18.3 Å². The molecule has 0 aliphatic heterocycles. The molecule has 11 heteroatoms. The van der Waals surface area contributed by atoms with E-state index in [1.54, 1.807) is 6.92 Å². The minimum atomic E-state index is -4.66. The van der Waals surface area contributed by atoms with Crippen molar-refractivity contribution in [1.82, 2.24) is 24.9 Å². The third kappa shape index (κ3) is 5.29. The van der Waals surface area contributed by atoms with Gasteiger partial charge >= 0.3 is 6.18 Å². The molecule has 0 bridgehead atoms. The highest BCUT2D eigenvalue weighted by molar-refractivity contribution is 5.96. The molecule has 4 rings (SSSR count). The first kappa shape index (κ1) is 22.5. The molecular weight excluding hydrogens is 413 g/mol. The number of nitrogens with zero attached hydrogens (tertiary/aromatic N) is 4. The molecule has 1 fully saturated rings. The highest BCUT2D eigenvalue weighted by Gasteiger charge is 2.36. The van der Waals surface area contributed by atoms with Crippen molar-refractivity contribution in [3.05, 3.63) is 41.5 Å². The Morgan fingerprint density at radius 1 is 1.26 bits per heavy atom. The van der Waals surface area contributed by atoms with Gasteiger partial charge in [0.2, 0.25) is 0 Å². The van der Waals surface area contributed by atoms with Crippen LogP contribution in [-0.4, -0.2) is 43.7 Å². The molecule has 8 nitrogen and oxygen atoms in total. The van der Waals surface area contributed by atoms with Gasteiger partial charge in [0.05, 0.1) is 22.5 Å². The van der Waals surface area contributed by atoms with Gasteiger partial charge in [0.15, 0.2) is 5.82 Å². The molecule has 1 aliphatic rings. The van der Waals surface area contributed by atoms with E-state index in [2.05, 4.69) is 20.4 Å². The number of halogens is 3. The number of aromatic nitrogens is 4. The number of nitrogen functional groups attached to an aromatic ring is 1. The first-order valence-corrected chi connectivity index (χ1v) is 9.79. The van der Waals surface area contributed by atoms with Crippen LogP contribution in [0.25, 0.3) is 16.8 Å². The number of hydrogen-bond acceptors (Lipinski definition) is 6. The Bertz CT molecular complexity index is 1080. The predicted octanol–water partition coefficient (Wildman–Crippen LogP) is 2.98. The average molecular weight is 436 g/mol. The van der Waals surface area contributed by atoms with Gasteiger partial charge < -0.3 is 16.2 Å². The number of alkyl halides is 3. The molecule has 0 atom stereocenters. The van der Waals surface area contributed by atoms with Crippen LogP contribution in [0.2, 0.25) is 0 Å². The Kier molecular flexibility index (Phi) is 6.74. The van der Waals surface area contributed by atoms with Crippen LogP contribution in [0.5, 0.6) is 0 Å². The molecule has 0 radical (unpaired) electrons. The fraction of sp³-hybridized carbons (Fsp3) is 0.400. The maximum absolute atomic E-state index is 13.4. The smallest absolute Gasteiger partial charge is 0.396 e. The van der Waals surface area contributed by atoms with E-state index in [0.29, 0.717) is 12.1 Å². The number of aryl methyl sites for hydroxylation is 1. The monoisotopic (exact) mass is 436 g/mol. The van der Waals surface area contributed by atoms with Gasteiger partial charge in [-0.15, -0.1) is 0 Å². The number of hydrogen-bond donors (Lipinski definition) is 3. The lowest BCUT2D eigenvalue weighted by Gasteiger charge is -2.09. The number of aliphatic hydroxyl groups is 1. The number of carbonyl (C=O) groups is 1. The van der Waals surface area contributed by atoms with E-state index in [9.17, 15) is 18.0 Å². The summed E-state index contributed by atoms with van der Waals surface area (Å²) >= 11 is 0. The van der Waals surface area contributed by atoms with Crippen molar-refractivity contribution in [2.45, 2.75) is 38.8 Å². The van der Waals surface area contributed by atoms with Crippen molar-refractivity contribution < 1.29 is 23.1 Å². The van der Waals surface area contributed by atoms with Crippen LogP contribution in [0, 0.1) is 6.92 Å². The lowest BCUT2D eigenvalue weighted by Crippen LogP contribution is -2.26. The number of nitrogens with two attached hydrogens (primary N) is 1. The van der Waals surface area contributed by atoms with Crippen LogP contribution in [0.3, 0.4) is 0 Å². The number of fused-ring (bicyclic) bond motifs is 1. The standard InChI is InChI=1S/C17H17F3N6O2.C3H6/c1-9-11(16(28)22-3-2-4-27)5-10(7-23-9)13-6-12(17(18,19)20)14-15(21)24-8-25-26(13)14;1-2-3-1/h5-8,27H,2-4H2,1H3,(H,22,28)(H2,21,24,25);1-3H2. The summed E-state index contributed by atoms with van der Waals surface area (Å²) in [4.78, 5) is 20.1. The largest absolute Gasteiger partial charge is 0.418 e. The van der Waals surface area contributed by atoms with E-state index < -0.39 is 17.6 Å². The molecule has 1 amide bonds. The number of anilines is 1. The van der Waals surface area contributed by atoms with Crippen LogP contribution in [0.15, 0.2) is 24.7 Å². The highest BCUT2D eigenvalue weighted by atomic mass is 19.4. The lowest BCUT2D eigenvalue weighted by atomic mass is 10.1. The summed E-state index contributed by atoms with van der Waals surface area (Å²) in [5.74, 6) is -0.748. The van der Waals surface area contributed by atoms with Crippen molar-refractivity contribution in [1.29, 1.82) is 0 Å². The second-order valence-corrected chi connectivity index (χ2v) is 7.10. The van der Waals surface area contributed by atoms with Gasteiger partial charge in [0, 0.05) is 24.9 Å². The molecule has 0 unspecified atom stereocenters. The number of aliphatic hydroxyl groups excluding tert-OH is 1. The third-order valence-electron chi connectivity index (χ3n) is 4.49. The number of nitrogens with one attached hydrogen (secondary N) is 1. The number of pyridine rings is 1. The van der Waals surface area contributed by atoms with E-state index >= 15 is 0 Å². The Morgan fingerprint density at radius 3 is 2.58 bits per heavy atom. The van der Waals surface area contributed by atoms with Crippen LogP contribution >= 0.6 is 0 Å². The zero-order valence-electron chi connectivity index (χ0n) is 16.9. The average Bonchev–Trinajstić information content (AvgIpc) is 3.54.